The number of benzene rings is 2. The molecule has 1 aliphatic heterocycles. The first-order valence-corrected chi connectivity index (χ1v) is 14.9. The average Bonchev–Trinajstić information content (AvgIpc) is 3.66. The molecule has 0 amide bonds. The smallest absolute Gasteiger partial charge is 0.181 e. The summed E-state index contributed by atoms with van der Waals surface area (Å²) in [5, 5.41) is 41.7. The van der Waals surface area contributed by atoms with E-state index in [0.29, 0.717) is 23.1 Å². The number of nitrogens with zero attached hydrogens (tertiary/aromatic N) is 8. The lowest BCUT2D eigenvalue weighted by Crippen LogP contribution is -2.25. The fraction of sp³-hybridized carbons (Fsp3) is 0.250. The van der Waals surface area contributed by atoms with Crippen LogP contribution < -0.4 is 0 Å². The molecule has 1 unspecified atom stereocenters. The van der Waals surface area contributed by atoms with Crippen LogP contribution in [0.15, 0.2) is 74.4 Å². The highest BCUT2D eigenvalue weighted by Gasteiger charge is 2.39. The predicted molar refractivity (Wildman–Crippen MR) is 177 cm³/mol. The van der Waals surface area contributed by atoms with E-state index in [1.807, 2.05) is 87.6 Å². The second-order valence-corrected chi connectivity index (χ2v) is 12.0. The first kappa shape index (κ1) is 34.0. The van der Waals surface area contributed by atoms with Crippen LogP contribution in [0, 0.1) is 36.5 Å². The highest BCUT2D eigenvalue weighted by molar-refractivity contribution is 9.10. The molecule has 0 bridgehead atoms. The molecule has 0 aliphatic carbocycles. The van der Waals surface area contributed by atoms with E-state index >= 15 is 0 Å². The third-order valence-electron chi connectivity index (χ3n) is 6.58. The maximum Gasteiger partial charge on any atom is 0.181 e. The molecule has 0 saturated heterocycles. The molecule has 12 heteroatoms. The number of allylic oxidation sites excluding steroid dienone is 1. The fourth-order valence-corrected chi connectivity index (χ4v) is 5.18. The number of nitriles is 2. The van der Waals surface area contributed by atoms with Crippen LogP contribution in [0.25, 0.3) is 5.57 Å². The molecule has 226 valence electrons. The van der Waals surface area contributed by atoms with Crippen LogP contribution >= 0.6 is 31.9 Å². The minimum Gasteiger partial charge on any atom is -0.411 e. The Hall–Kier alpha value is -4.52. The first-order valence-electron chi connectivity index (χ1n) is 13.3. The van der Waals surface area contributed by atoms with Gasteiger partial charge in [-0.05, 0) is 107 Å². The molecule has 4 aromatic rings. The second-order valence-electron chi connectivity index (χ2n) is 10.3. The summed E-state index contributed by atoms with van der Waals surface area (Å²) in [7, 11) is 3.83. The van der Waals surface area contributed by atoms with Gasteiger partial charge in [0.2, 0.25) is 0 Å². The number of hydrogen-bond donors (Lipinski definition) is 1. The van der Waals surface area contributed by atoms with Gasteiger partial charge in [0.05, 0.1) is 45.8 Å². The first-order chi connectivity index (χ1) is 20.8. The third-order valence-corrected chi connectivity index (χ3v) is 7.97. The summed E-state index contributed by atoms with van der Waals surface area (Å²) in [4.78, 5) is 5.72. The Morgan fingerprint density at radius 1 is 1.00 bits per heavy atom. The third kappa shape index (κ3) is 8.31. The lowest BCUT2D eigenvalue weighted by molar-refractivity contribution is -0.0135. The highest BCUT2D eigenvalue weighted by Crippen LogP contribution is 2.36. The van der Waals surface area contributed by atoms with Gasteiger partial charge in [0.15, 0.2) is 5.60 Å². The van der Waals surface area contributed by atoms with Gasteiger partial charge in [-0.25, -0.2) is 0 Å². The van der Waals surface area contributed by atoms with Crippen LogP contribution in [0.4, 0.5) is 0 Å². The molecule has 10 nitrogen and oxygen atoms in total. The van der Waals surface area contributed by atoms with Crippen LogP contribution in [0.1, 0.15) is 65.3 Å². The van der Waals surface area contributed by atoms with Crippen LogP contribution in [0.5, 0.6) is 0 Å². The fourth-order valence-electron chi connectivity index (χ4n) is 4.51. The Balaban J connectivity index is 0.000000202. The molecule has 1 aliphatic rings. The Kier molecular flexibility index (Phi) is 11.4. The molecule has 2 aromatic carbocycles. The number of oxime groups is 2. The standard InChI is InChI=1S/C16H15BrN4O.C8H5BrN2O.C8H12N2/c1-10-6-15(21(3)19-10)16(2)8-14(20-22-16)11-4-5-13(17)12(7-11)9-18;9-8-2-1-6(5-11-12)3-7(8)4-10;1-6(2)8-5-7(3)9-10(8)4/h4-7H,8H2,1-3H3;1-3,5,12H;5H,1H2,2-4H3/b;11-5+;. The monoisotopic (exact) mass is 718 g/mol. The second kappa shape index (κ2) is 14.8. The number of rotatable bonds is 4. The molecular weight excluding hydrogens is 688 g/mol. The van der Waals surface area contributed by atoms with E-state index in [1.165, 1.54) is 6.21 Å². The van der Waals surface area contributed by atoms with Crippen LogP contribution in [-0.2, 0) is 24.5 Å². The maximum absolute atomic E-state index is 9.14. The molecule has 0 spiro atoms. The molecule has 0 saturated carbocycles. The van der Waals surface area contributed by atoms with Crippen molar-refractivity contribution < 1.29 is 10.0 Å². The normalized spacial score (nSPS) is 15.2. The van der Waals surface area contributed by atoms with E-state index in [4.69, 9.17) is 20.6 Å². The summed E-state index contributed by atoms with van der Waals surface area (Å²) in [5.41, 5.74) is 8.15. The summed E-state index contributed by atoms with van der Waals surface area (Å²) < 4.78 is 5.19. The van der Waals surface area contributed by atoms with Crippen molar-refractivity contribution in [3.05, 3.63) is 109 Å². The molecule has 0 radical (unpaired) electrons. The minimum absolute atomic E-state index is 0.521. The molecule has 0 fully saturated rings. The molecule has 1 N–H and O–H groups in total. The Labute approximate surface area is 273 Å². The van der Waals surface area contributed by atoms with Crippen molar-refractivity contribution in [1.82, 2.24) is 19.6 Å². The summed E-state index contributed by atoms with van der Waals surface area (Å²) in [5.74, 6) is 0. The van der Waals surface area contributed by atoms with E-state index < -0.39 is 5.60 Å². The van der Waals surface area contributed by atoms with Gasteiger partial charge in [-0.2, -0.15) is 20.7 Å². The SMILES string of the molecule is C=C(C)c1cc(C)nn1C.Cc1cc(C2(C)CC(c3ccc(Br)c(C#N)c3)=NO2)n(C)n1.N#Cc1cc(/C=N/O)ccc1Br. The number of halogens is 2. The van der Waals surface area contributed by atoms with Crippen molar-refractivity contribution in [2.45, 2.75) is 39.7 Å². The lowest BCUT2D eigenvalue weighted by atomic mass is 9.92. The van der Waals surface area contributed by atoms with Crippen molar-refractivity contribution in [3.8, 4) is 12.1 Å². The molecule has 3 heterocycles. The molecule has 44 heavy (non-hydrogen) atoms. The number of aromatic nitrogens is 4. The molecule has 1 atom stereocenters. The Morgan fingerprint density at radius 2 is 1.59 bits per heavy atom. The van der Waals surface area contributed by atoms with Gasteiger partial charge in [0.25, 0.3) is 0 Å². The zero-order valence-corrected chi connectivity index (χ0v) is 28.5. The largest absolute Gasteiger partial charge is 0.411 e. The van der Waals surface area contributed by atoms with E-state index in [1.54, 1.807) is 18.2 Å². The van der Waals surface area contributed by atoms with E-state index in [2.05, 4.69) is 65.0 Å². The molecule has 2 aromatic heterocycles. The summed E-state index contributed by atoms with van der Waals surface area (Å²) in [6.45, 7) is 11.8. The molecule has 5 rings (SSSR count). The summed E-state index contributed by atoms with van der Waals surface area (Å²) >= 11 is 6.58. The van der Waals surface area contributed by atoms with Crippen LogP contribution in [-0.4, -0.2) is 36.7 Å². The van der Waals surface area contributed by atoms with Crippen molar-refractivity contribution in [1.29, 1.82) is 10.5 Å². The van der Waals surface area contributed by atoms with Crippen LogP contribution in [0.2, 0.25) is 0 Å². The van der Waals surface area contributed by atoms with Crippen molar-refractivity contribution in [2.24, 2.45) is 24.4 Å². The predicted octanol–water partition coefficient (Wildman–Crippen LogP) is 7.29. The topological polar surface area (TPSA) is 137 Å². The molecular formula is C32H32Br2N8O2. The quantitative estimate of drug-likeness (QED) is 0.134. The van der Waals surface area contributed by atoms with E-state index in [-0.39, 0.29) is 0 Å². The van der Waals surface area contributed by atoms with Gasteiger partial charge in [0, 0.05) is 35.0 Å². The van der Waals surface area contributed by atoms with Gasteiger partial charge in [0.1, 0.15) is 12.1 Å². The maximum atomic E-state index is 9.14. The van der Waals surface area contributed by atoms with Gasteiger partial charge in [-0.15, -0.1) is 0 Å². The zero-order valence-electron chi connectivity index (χ0n) is 25.3. The average molecular weight is 720 g/mol. The van der Waals surface area contributed by atoms with Crippen molar-refractivity contribution in [2.75, 3.05) is 0 Å². The Morgan fingerprint density at radius 3 is 2.09 bits per heavy atom. The van der Waals surface area contributed by atoms with Crippen molar-refractivity contribution in [3.63, 3.8) is 0 Å². The van der Waals surface area contributed by atoms with E-state index in [9.17, 15) is 0 Å². The number of hydrogen-bond acceptors (Lipinski definition) is 8. The highest BCUT2D eigenvalue weighted by atomic mass is 79.9. The van der Waals surface area contributed by atoms with Gasteiger partial charge in [-0.3, -0.25) is 9.36 Å². The minimum atomic E-state index is -0.536. The van der Waals surface area contributed by atoms with Gasteiger partial charge >= 0.3 is 0 Å². The van der Waals surface area contributed by atoms with Crippen molar-refractivity contribution >= 4 is 49.4 Å². The zero-order chi connectivity index (χ0) is 32.6. The van der Waals surface area contributed by atoms with Gasteiger partial charge in [-0.1, -0.05) is 29.0 Å². The number of aryl methyl sites for hydroxylation is 4. The summed E-state index contributed by atoms with van der Waals surface area (Å²) in [6, 6.07) is 18.9. The van der Waals surface area contributed by atoms with Crippen LogP contribution in [0.3, 0.4) is 0 Å². The lowest BCUT2D eigenvalue weighted by Gasteiger charge is -2.21. The van der Waals surface area contributed by atoms with E-state index in [0.717, 1.165) is 48.6 Å². The Bertz CT molecular complexity index is 1820. The summed E-state index contributed by atoms with van der Waals surface area (Å²) in [6.07, 6.45) is 1.91. The van der Waals surface area contributed by atoms with Gasteiger partial charge < -0.3 is 10.0 Å².